The summed E-state index contributed by atoms with van der Waals surface area (Å²) in [6.07, 6.45) is 6.36. The van der Waals surface area contributed by atoms with Gasteiger partial charge in [0.2, 0.25) is 5.91 Å². The van der Waals surface area contributed by atoms with Crippen molar-refractivity contribution in [1.82, 2.24) is 19.8 Å². The summed E-state index contributed by atoms with van der Waals surface area (Å²) in [5.41, 5.74) is 1.98. The Balaban J connectivity index is 1.37. The van der Waals surface area contributed by atoms with Crippen LogP contribution in [0.25, 0.3) is 11.0 Å². The SMILES string of the molecule is O=C(NCCCc1nc2ccccc2n1CCC(=O)N1CCCCCC1)c1ccccc1F. The minimum Gasteiger partial charge on any atom is -0.352 e. The van der Waals surface area contributed by atoms with Gasteiger partial charge in [0.05, 0.1) is 16.6 Å². The Hall–Kier alpha value is -3.22. The summed E-state index contributed by atoms with van der Waals surface area (Å²) in [5, 5.41) is 2.79. The lowest BCUT2D eigenvalue weighted by Gasteiger charge is -2.20. The van der Waals surface area contributed by atoms with E-state index < -0.39 is 11.7 Å². The number of amides is 2. The first-order chi connectivity index (χ1) is 16.1. The number of aromatic nitrogens is 2. The number of carbonyl (C=O) groups excluding carboxylic acids is 2. The fourth-order valence-electron chi connectivity index (χ4n) is 4.44. The minimum absolute atomic E-state index is 0.0526. The smallest absolute Gasteiger partial charge is 0.254 e. The van der Waals surface area contributed by atoms with Crippen molar-refractivity contribution in [2.24, 2.45) is 0 Å². The van der Waals surface area contributed by atoms with Crippen LogP contribution in [0.4, 0.5) is 4.39 Å². The lowest BCUT2D eigenvalue weighted by Crippen LogP contribution is -2.32. The summed E-state index contributed by atoms with van der Waals surface area (Å²) in [6.45, 7) is 2.73. The zero-order chi connectivity index (χ0) is 23.0. The number of imidazole rings is 1. The highest BCUT2D eigenvalue weighted by Crippen LogP contribution is 2.19. The van der Waals surface area contributed by atoms with Crippen molar-refractivity contribution < 1.29 is 14.0 Å². The van der Waals surface area contributed by atoms with Gasteiger partial charge in [0.1, 0.15) is 11.6 Å². The number of carbonyl (C=O) groups is 2. The third-order valence-electron chi connectivity index (χ3n) is 6.22. The number of halogens is 1. The van der Waals surface area contributed by atoms with Crippen LogP contribution in [-0.4, -0.2) is 45.9 Å². The maximum absolute atomic E-state index is 13.8. The first-order valence-electron chi connectivity index (χ1n) is 11.9. The van der Waals surface area contributed by atoms with Crippen LogP contribution >= 0.6 is 0 Å². The lowest BCUT2D eigenvalue weighted by atomic mass is 10.2. The molecule has 0 bridgehead atoms. The minimum atomic E-state index is -0.522. The molecule has 2 aromatic carbocycles. The molecule has 1 fully saturated rings. The van der Waals surface area contributed by atoms with E-state index in [1.54, 1.807) is 12.1 Å². The number of rotatable bonds is 8. The molecule has 33 heavy (non-hydrogen) atoms. The van der Waals surface area contributed by atoms with E-state index in [9.17, 15) is 14.0 Å². The number of benzene rings is 2. The van der Waals surface area contributed by atoms with Crippen molar-refractivity contribution in [3.05, 3.63) is 65.7 Å². The largest absolute Gasteiger partial charge is 0.352 e. The topological polar surface area (TPSA) is 67.2 Å². The van der Waals surface area contributed by atoms with Crippen LogP contribution < -0.4 is 5.32 Å². The van der Waals surface area contributed by atoms with E-state index >= 15 is 0 Å². The molecule has 1 N–H and O–H groups in total. The second-order valence-electron chi connectivity index (χ2n) is 8.55. The standard InChI is InChI=1S/C26H31FN4O2/c27-21-11-4-3-10-20(21)26(33)28-16-9-14-24-29-22-12-5-6-13-23(22)31(24)19-15-25(32)30-17-7-1-2-8-18-30/h3-6,10-13H,1-2,7-9,14-19H2,(H,28,33). The molecule has 2 amide bonds. The Bertz CT molecular complexity index is 1100. The molecule has 6 nitrogen and oxygen atoms in total. The van der Waals surface area contributed by atoms with Gasteiger partial charge in [-0.1, -0.05) is 37.1 Å². The van der Waals surface area contributed by atoms with Crippen molar-refractivity contribution in [2.45, 2.75) is 51.5 Å². The average Bonchev–Trinajstić information content (AvgIpc) is 2.98. The molecule has 0 aliphatic carbocycles. The van der Waals surface area contributed by atoms with Crippen molar-refractivity contribution in [3.63, 3.8) is 0 Å². The fourth-order valence-corrected chi connectivity index (χ4v) is 4.44. The van der Waals surface area contributed by atoms with Crippen LogP contribution in [0.15, 0.2) is 48.5 Å². The summed E-state index contributed by atoms with van der Waals surface area (Å²) in [5.74, 6) is 0.174. The molecule has 1 aliphatic heterocycles. The van der Waals surface area contributed by atoms with Gasteiger partial charge in [0.15, 0.2) is 0 Å². The van der Waals surface area contributed by atoms with Crippen molar-refractivity contribution >= 4 is 22.8 Å². The van der Waals surface area contributed by atoms with E-state index in [0.29, 0.717) is 32.4 Å². The van der Waals surface area contributed by atoms with Gasteiger partial charge >= 0.3 is 0 Å². The molecule has 2 heterocycles. The second kappa shape index (κ2) is 11.1. The molecule has 1 aromatic heterocycles. The Morgan fingerprint density at radius 3 is 2.48 bits per heavy atom. The maximum Gasteiger partial charge on any atom is 0.254 e. The Morgan fingerprint density at radius 1 is 0.970 bits per heavy atom. The van der Waals surface area contributed by atoms with Crippen LogP contribution in [0, 0.1) is 5.82 Å². The van der Waals surface area contributed by atoms with Crippen LogP contribution in [0.5, 0.6) is 0 Å². The van der Waals surface area contributed by atoms with Crippen molar-refractivity contribution in [3.8, 4) is 0 Å². The molecule has 4 rings (SSSR count). The van der Waals surface area contributed by atoms with Gasteiger partial charge in [0.25, 0.3) is 5.91 Å². The van der Waals surface area contributed by atoms with E-state index in [2.05, 4.69) is 9.88 Å². The van der Waals surface area contributed by atoms with Crippen LogP contribution in [0.1, 0.15) is 54.7 Å². The van der Waals surface area contributed by atoms with E-state index in [-0.39, 0.29) is 11.5 Å². The molecular weight excluding hydrogens is 419 g/mol. The number of nitrogens with one attached hydrogen (secondary N) is 1. The zero-order valence-corrected chi connectivity index (χ0v) is 18.9. The first kappa shape index (κ1) is 23.0. The summed E-state index contributed by atoms with van der Waals surface area (Å²) in [7, 11) is 0. The second-order valence-corrected chi connectivity index (χ2v) is 8.55. The van der Waals surface area contributed by atoms with Gasteiger partial charge in [-0.3, -0.25) is 9.59 Å². The normalized spacial score (nSPS) is 14.3. The number of nitrogens with zero attached hydrogens (tertiary/aromatic N) is 3. The van der Waals surface area contributed by atoms with E-state index in [0.717, 1.165) is 42.8 Å². The number of hydrogen-bond donors (Lipinski definition) is 1. The lowest BCUT2D eigenvalue weighted by molar-refractivity contribution is -0.131. The molecule has 0 spiro atoms. The van der Waals surface area contributed by atoms with Gasteiger partial charge in [-0.05, 0) is 43.5 Å². The van der Waals surface area contributed by atoms with E-state index in [1.807, 2.05) is 29.2 Å². The Labute approximate surface area is 193 Å². The van der Waals surface area contributed by atoms with Gasteiger partial charge in [-0.15, -0.1) is 0 Å². The quantitative estimate of drug-likeness (QED) is 0.520. The first-order valence-corrected chi connectivity index (χ1v) is 11.9. The molecule has 0 saturated carbocycles. The highest BCUT2D eigenvalue weighted by Gasteiger charge is 2.17. The zero-order valence-electron chi connectivity index (χ0n) is 18.9. The molecule has 3 aromatic rings. The summed E-state index contributed by atoms with van der Waals surface area (Å²) in [4.78, 5) is 31.8. The highest BCUT2D eigenvalue weighted by atomic mass is 19.1. The third kappa shape index (κ3) is 5.78. The molecule has 0 atom stereocenters. The number of aryl methyl sites for hydroxylation is 2. The van der Waals surface area contributed by atoms with Crippen LogP contribution in [0.2, 0.25) is 0 Å². The molecule has 174 valence electrons. The van der Waals surface area contributed by atoms with Crippen LogP contribution in [-0.2, 0) is 17.8 Å². The molecule has 7 heteroatoms. The number of likely N-dealkylation sites (tertiary alicyclic amines) is 1. The summed E-state index contributed by atoms with van der Waals surface area (Å²) < 4.78 is 15.9. The molecule has 1 aliphatic rings. The monoisotopic (exact) mass is 450 g/mol. The molecule has 0 radical (unpaired) electrons. The third-order valence-corrected chi connectivity index (χ3v) is 6.22. The average molecular weight is 451 g/mol. The molecule has 1 saturated heterocycles. The van der Waals surface area contributed by atoms with Crippen molar-refractivity contribution in [1.29, 1.82) is 0 Å². The Morgan fingerprint density at radius 2 is 1.70 bits per heavy atom. The van der Waals surface area contributed by atoms with E-state index in [4.69, 9.17) is 4.98 Å². The predicted molar refractivity (Wildman–Crippen MR) is 126 cm³/mol. The Kier molecular flexibility index (Phi) is 7.70. The van der Waals surface area contributed by atoms with E-state index in [1.165, 1.54) is 25.0 Å². The summed E-state index contributed by atoms with van der Waals surface area (Å²) in [6, 6.07) is 13.9. The van der Waals surface area contributed by atoms with Gasteiger partial charge < -0.3 is 14.8 Å². The molecular formula is C26H31FN4O2. The van der Waals surface area contributed by atoms with Crippen molar-refractivity contribution in [2.75, 3.05) is 19.6 Å². The number of para-hydroxylation sites is 2. The summed E-state index contributed by atoms with van der Waals surface area (Å²) >= 11 is 0. The predicted octanol–water partition coefficient (Wildman–Crippen LogP) is 4.33. The van der Waals surface area contributed by atoms with Gasteiger partial charge in [0, 0.05) is 39.0 Å². The highest BCUT2D eigenvalue weighted by molar-refractivity contribution is 5.94. The number of hydrogen-bond acceptors (Lipinski definition) is 3. The molecule has 0 unspecified atom stereocenters. The maximum atomic E-state index is 13.8. The van der Waals surface area contributed by atoms with Gasteiger partial charge in [-0.25, -0.2) is 9.37 Å². The fraction of sp³-hybridized carbons (Fsp3) is 0.423. The van der Waals surface area contributed by atoms with Gasteiger partial charge in [-0.2, -0.15) is 0 Å². The van der Waals surface area contributed by atoms with Crippen LogP contribution in [0.3, 0.4) is 0 Å². The number of fused-ring (bicyclic) bond motifs is 1.